The molecule has 4 rings (SSSR count). The highest BCUT2D eigenvalue weighted by Crippen LogP contribution is 2.37. The summed E-state index contributed by atoms with van der Waals surface area (Å²) in [7, 11) is -4.53. The van der Waals surface area contributed by atoms with Crippen molar-refractivity contribution in [2.45, 2.75) is 47.4 Å². The highest BCUT2D eigenvalue weighted by atomic mass is 32.2. The van der Waals surface area contributed by atoms with Crippen LogP contribution in [0.3, 0.4) is 0 Å². The molecule has 3 unspecified atom stereocenters. The van der Waals surface area contributed by atoms with Crippen LogP contribution in [0.2, 0.25) is 0 Å². The number of benzene rings is 2. The van der Waals surface area contributed by atoms with Gasteiger partial charge in [0.15, 0.2) is 0 Å². The third-order valence-corrected chi connectivity index (χ3v) is 7.94. The fourth-order valence-electron chi connectivity index (χ4n) is 4.39. The number of hydrogen-bond donors (Lipinski definition) is 3. The molecule has 0 aromatic heterocycles. The van der Waals surface area contributed by atoms with Crippen LogP contribution in [0.25, 0.3) is 0 Å². The molecule has 0 bridgehead atoms. The zero-order valence-corrected chi connectivity index (χ0v) is 18.3. The first-order valence-electron chi connectivity index (χ1n) is 10.5. The maximum Gasteiger partial charge on any atom is 0.417 e. The second-order valence-electron chi connectivity index (χ2n) is 8.32. The number of sulfone groups is 1. The molecule has 2 aliphatic heterocycles. The lowest BCUT2D eigenvalue weighted by Gasteiger charge is -2.25. The van der Waals surface area contributed by atoms with Crippen molar-refractivity contribution in [3.8, 4) is 0 Å². The predicted molar refractivity (Wildman–Crippen MR) is 111 cm³/mol. The highest BCUT2D eigenvalue weighted by Gasteiger charge is 2.39. The summed E-state index contributed by atoms with van der Waals surface area (Å²) in [5.74, 6) is -0.922. The van der Waals surface area contributed by atoms with Gasteiger partial charge in [0, 0.05) is 12.6 Å². The van der Waals surface area contributed by atoms with Crippen molar-refractivity contribution < 1.29 is 30.8 Å². The molecule has 0 saturated carbocycles. The molecule has 1 amide bonds. The fraction of sp³-hybridized carbons (Fsp3) is 0.409. The first-order chi connectivity index (χ1) is 15.6. The summed E-state index contributed by atoms with van der Waals surface area (Å²) in [5, 5.41) is 9.48. The summed E-state index contributed by atoms with van der Waals surface area (Å²) < 4.78 is 78.7. The van der Waals surface area contributed by atoms with E-state index in [2.05, 4.69) is 16.0 Å². The van der Waals surface area contributed by atoms with E-state index in [-0.39, 0.29) is 29.5 Å². The van der Waals surface area contributed by atoms with Gasteiger partial charge in [0.05, 0.1) is 21.4 Å². The molecular formula is C22H23F4N3O3S. The quantitative estimate of drug-likeness (QED) is 0.448. The van der Waals surface area contributed by atoms with Gasteiger partial charge in [-0.15, -0.1) is 0 Å². The highest BCUT2D eigenvalue weighted by molar-refractivity contribution is 7.91. The van der Waals surface area contributed by atoms with E-state index in [1.165, 1.54) is 24.3 Å². The minimum Gasteiger partial charge on any atom is -0.351 e. The summed E-state index contributed by atoms with van der Waals surface area (Å²) in [6.07, 6.45) is -3.33. The largest absolute Gasteiger partial charge is 0.417 e. The van der Waals surface area contributed by atoms with Gasteiger partial charge < -0.3 is 16.0 Å². The Hall–Kier alpha value is -2.50. The molecule has 3 atom stereocenters. The number of alkyl halides is 3. The van der Waals surface area contributed by atoms with Gasteiger partial charge in [0.1, 0.15) is 5.82 Å². The summed E-state index contributed by atoms with van der Waals surface area (Å²) in [5.41, 5.74) is -0.965. The van der Waals surface area contributed by atoms with Crippen molar-refractivity contribution in [1.82, 2.24) is 16.0 Å². The Bertz CT molecular complexity index is 1120. The van der Waals surface area contributed by atoms with Crippen molar-refractivity contribution in [2.75, 3.05) is 13.1 Å². The van der Waals surface area contributed by atoms with Crippen molar-refractivity contribution >= 4 is 15.7 Å². The second-order valence-corrected chi connectivity index (χ2v) is 10.2. The van der Waals surface area contributed by atoms with Crippen LogP contribution in [-0.2, 0) is 27.4 Å². The molecule has 0 radical (unpaired) electrons. The zero-order valence-electron chi connectivity index (χ0n) is 17.5. The maximum atomic E-state index is 13.3. The molecule has 2 fully saturated rings. The lowest BCUT2D eigenvalue weighted by molar-refractivity contribution is -0.140. The maximum absolute atomic E-state index is 13.3. The standard InChI is InChI=1S/C22H23F4N3O3S/c23-15-3-6-20(17(10-15)22(24,25)26)33(31,32)16-4-1-13(2-5-16)11-28-21(30)19-9-14-12-27-8-7-18(14)29-19/h1-6,10,14,18-19,27,29H,7-9,11-12H2,(H,28,30). The number of nitrogens with one attached hydrogen (secondary N) is 3. The molecule has 178 valence electrons. The molecule has 2 aromatic carbocycles. The van der Waals surface area contributed by atoms with Crippen molar-refractivity contribution in [1.29, 1.82) is 0 Å². The van der Waals surface area contributed by atoms with Crippen molar-refractivity contribution in [2.24, 2.45) is 5.92 Å². The van der Waals surface area contributed by atoms with Crippen molar-refractivity contribution in [3.05, 3.63) is 59.4 Å². The third-order valence-electron chi connectivity index (χ3n) is 6.11. The predicted octanol–water partition coefficient (Wildman–Crippen LogP) is 2.63. The number of amides is 1. The molecule has 3 N–H and O–H groups in total. The molecule has 0 aliphatic carbocycles. The number of piperidine rings is 1. The second kappa shape index (κ2) is 9.03. The summed E-state index contributed by atoms with van der Waals surface area (Å²) in [6, 6.07) is 6.69. The van der Waals surface area contributed by atoms with Crippen LogP contribution in [0.15, 0.2) is 52.3 Å². The molecular weight excluding hydrogens is 462 g/mol. The lowest BCUT2D eigenvalue weighted by atomic mass is 9.94. The smallest absolute Gasteiger partial charge is 0.351 e. The monoisotopic (exact) mass is 485 g/mol. The van der Waals surface area contributed by atoms with Crippen LogP contribution in [0.4, 0.5) is 17.6 Å². The Morgan fingerprint density at radius 1 is 1.12 bits per heavy atom. The lowest BCUT2D eigenvalue weighted by Crippen LogP contribution is -2.45. The Labute approximate surface area is 188 Å². The number of carbonyl (C=O) groups excluding carboxylic acids is 1. The topological polar surface area (TPSA) is 87.3 Å². The Morgan fingerprint density at radius 3 is 2.52 bits per heavy atom. The van der Waals surface area contributed by atoms with Crippen LogP contribution >= 0.6 is 0 Å². The van der Waals surface area contributed by atoms with Gasteiger partial charge in [0.2, 0.25) is 15.7 Å². The van der Waals surface area contributed by atoms with E-state index >= 15 is 0 Å². The molecule has 2 saturated heterocycles. The summed E-state index contributed by atoms with van der Waals surface area (Å²) >= 11 is 0. The van der Waals surface area contributed by atoms with Gasteiger partial charge in [-0.1, -0.05) is 12.1 Å². The van der Waals surface area contributed by atoms with Crippen LogP contribution in [0, 0.1) is 11.7 Å². The summed E-state index contributed by atoms with van der Waals surface area (Å²) in [4.78, 5) is 11.1. The molecule has 2 aromatic rings. The van der Waals surface area contributed by atoms with Gasteiger partial charge in [-0.05, 0) is 67.7 Å². The van der Waals surface area contributed by atoms with Crippen LogP contribution in [0.5, 0.6) is 0 Å². The molecule has 0 spiro atoms. The SMILES string of the molecule is O=C(NCc1ccc(S(=O)(=O)c2ccc(F)cc2C(F)(F)F)cc1)C1CC2CNCCC2N1. The average molecular weight is 486 g/mol. The number of carbonyl (C=O) groups is 1. The van der Waals surface area contributed by atoms with E-state index < -0.39 is 32.3 Å². The van der Waals surface area contributed by atoms with Crippen molar-refractivity contribution in [3.63, 3.8) is 0 Å². The van der Waals surface area contributed by atoms with E-state index in [0.29, 0.717) is 29.7 Å². The Balaban J connectivity index is 1.44. The zero-order chi connectivity index (χ0) is 23.8. The van der Waals surface area contributed by atoms with E-state index in [1.54, 1.807) is 0 Å². The number of rotatable bonds is 5. The minimum absolute atomic E-state index is 0.148. The van der Waals surface area contributed by atoms with Gasteiger partial charge in [-0.3, -0.25) is 4.79 Å². The molecule has 6 nitrogen and oxygen atoms in total. The Morgan fingerprint density at radius 2 is 1.85 bits per heavy atom. The van der Waals surface area contributed by atoms with Crippen LogP contribution in [-0.4, -0.2) is 39.5 Å². The van der Waals surface area contributed by atoms with Crippen LogP contribution in [0.1, 0.15) is 24.0 Å². The number of fused-ring (bicyclic) bond motifs is 1. The van der Waals surface area contributed by atoms with Gasteiger partial charge in [-0.25, -0.2) is 12.8 Å². The number of hydrogen-bond acceptors (Lipinski definition) is 5. The van der Waals surface area contributed by atoms with E-state index in [4.69, 9.17) is 0 Å². The third kappa shape index (κ3) is 5.04. The molecule has 2 aliphatic rings. The van der Waals surface area contributed by atoms with Gasteiger partial charge in [-0.2, -0.15) is 13.2 Å². The normalized spacial score (nSPS) is 23.2. The van der Waals surface area contributed by atoms with E-state index in [1.807, 2.05) is 0 Å². The first-order valence-corrected chi connectivity index (χ1v) is 12.0. The molecule has 11 heteroatoms. The van der Waals surface area contributed by atoms with Gasteiger partial charge in [0.25, 0.3) is 0 Å². The summed E-state index contributed by atoms with van der Waals surface area (Å²) in [6.45, 7) is 1.94. The minimum atomic E-state index is -5.03. The average Bonchev–Trinajstić information content (AvgIpc) is 3.21. The molecule has 33 heavy (non-hydrogen) atoms. The first kappa shape index (κ1) is 23.7. The van der Waals surface area contributed by atoms with E-state index in [9.17, 15) is 30.8 Å². The number of halogens is 4. The fourth-order valence-corrected chi connectivity index (χ4v) is 5.85. The van der Waals surface area contributed by atoms with E-state index in [0.717, 1.165) is 25.9 Å². The van der Waals surface area contributed by atoms with Crippen LogP contribution < -0.4 is 16.0 Å². The molecule has 2 heterocycles. The van der Waals surface area contributed by atoms with Gasteiger partial charge >= 0.3 is 6.18 Å². The Kier molecular flexibility index (Phi) is 6.47.